The summed E-state index contributed by atoms with van der Waals surface area (Å²) in [7, 11) is 1.75. The van der Waals surface area contributed by atoms with Crippen molar-refractivity contribution in [3.05, 3.63) is 75.7 Å². The molecule has 0 spiro atoms. The maximum absolute atomic E-state index is 13.0. The fourth-order valence-corrected chi connectivity index (χ4v) is 3.36. The van der Waals surface area contributed by atoms with E-state index >= 15 is 0 Å². The minimum atomic E-state index is -0.315. The molecule has 1 N–H and O–H groups in total. The minimum Gasteiger partial charge on any atom is -0.364 e. The fraction of sp³-hybridized carbons (Fsp3) is 0.182. The Hall–Kier alpha value is -3.74. The number of hydrogen-bond acceptors (Lipinski definition) is 5. The number of hydrogen-bond donors (Lipinski definition) is 1. The van der Waals surface area contributed by atoms with Crippen molar-refractivity contribution in [2.45, 2.75) is 20.8 Å². The second-order valence-electron chi connectivity index (χ2n) is 7.10. The van der Waals surface area contributed by atoms with Gasteiger partial charge >= 0.3 is 0 Å². The minimum absolute atomic E-state index is 0.107. The first kappa shape index (κ1) is 18.6. The first-order valence-corrected chi connectivity index (χ1v) is 9.15. The number of anilines is 1. The highest BCUT2D eigenvalue weighted by atomic mass is 16.5. The summed E-state index contributed by atoms with van der Waals surface area (Å²) in [5.41, 5.74) is 5.29. The number of carbonyl (C=O) groups is 1. The highest BCUT2D eigenvalue weighted by Gasteiger charge is 2.15. The molecule has 0 radical (unpaired) electrons. The average molecular weight is 388 g/mol. The predicted molar refractivity (Wildman–Crippen MR) is 111 cm³/mol. The molecule has 0 aliphatic heterocycles. The molecule has 3 heterocycles. The van der Waals surface area contributed by atoms with Crippen molar-refractivity contribution < 1.29 is 9.32 Å². The topological polar surface area (TPSA) is 90.0 Å². The van der Waals surface area contributed by atoms with E-state index in [1.165, 1.54) is 6.26 Å². The highest BCUT2D eigenvalue weighted by Crippen LogP contribution is 2.27. The van der Waals surface area contributed by atoms with Gasteiger partial charge in [-0.05, 0) is 56.2 Å². The molecule has 146 valence electrons. The monoisotopic (exact) mass is 388 g/mol. The van der Waals surface area contributed by atoms with Crippen molar-refractivity contribution in [3.63, 3.8) is 0 Å². The number of aryl methyl sites for hydroxylation is 4. The van der Waals surface area contributed by atoms with E-state index in [0.717, 1.165) is 27.7 Å². The number of amides is 1. The Morgan fingerprint density at radius 1 is 1.10 bits per heavy atom. The Morgan fingerprint density at radius 2 is 1.90 bits per heavy atom. The molecule has 29 heavy (non-hydrogen) atoms. The van der Waals surface area contributed by atoms with Gasteiger partial charge in [0.2, 0.25) is 0 Å². The van der Waals surface area contributed by atoms with Crippen molar-refractivity contribution in [3.8, 4) is 11.1 Å². The molecule has 7 heteroatoms. The third-order valence-electron chi connectivity index (χ3n) is 5.03. The molecule has 0 fully saturated rings. The molecule has 0 unspecified atom stereocenters. The number of nitrogens with one attached hydrogen (secondary N) is 1. The lowest BCUT2D eigenvalue weighted by atomic mass is 9.99. The predicted octanol–water partition coefficient (Wildman–Crippen LogP) is 3.77. The molecule has 4 rings (SSSR count). The van der Waals surface area contributed by atoms with Gasteiger partial charge in [0.15, 0.2) is 0 Å². The van der Waals surface area contributed by atoms with E-state index in [9.17, 15) is 9.59 Å². The van der Waals surface area contributed by atoms with Crippen LogP contribution in [-0.2, 0) is 7.05 Å². The Kier molecular flexibility index (Phi) is 4.50. The smallest absolute Gasteiger partial charge is 0.260 e. The zero-order valence-corrected chi connectivity index (χ0v) is 16.6. The summed E-state index contributed by atoms with van der Waals surface area (Å²) in [6, 6.07) is 9.23. The zero-order valence-electron chi connectivity index (χ0n) is 16.6. The average Bonchev–Trinajstić information content (AvgIpc) is 3.13. The molecule has 1 amide bonds. The summed E-state index contributed by atoms with van der Waals surface area (Å²) >= 11 is 0. The lowest BCUT2D eigenvalue weighted by molar-refractivity contribution is 0.102. The summed E-state index contributed by atoms with van der Waals surface area (Å²) in [6.07, 6.45) is 3.08. The maximum atomic E-state index is 13.0. The van der Waals surface area contributed by atoms with Gasteiger partial charge in [-0.15, -0.1) is 0 Å². The summed E-state index contributed by atoms with van der Waals surface area (Å²) in [5.74, 6) is -0.315. The first-order valence-electron chi connectivity index (χ1n) is 9.15. The molecule has 0 atom stereocenters. The summed E-state index contributed by atoms with van der Waals surface area (Å²) < 4.78 is 6.46. The fourth-order valence-electron chi connectivity index (χ4n) is 3.36. The summed E-state index contributed by atoms with van der Waals surface area (Å²) in [6.45, 7) is 5.53. The van der Waals surface area contributed by atoms with Gasteiger partial charge in [-0.25, -0.2) is 0 Å². The SMILES string of the molecule is Cc1cc2c(cn1)cc(-c1cc(NC(=O)c3conc3C)ccc1C)c(=O)n2C. The lowest BCUT2D eigenvalue weighted by Crippen LogP contribution is -2.19. The van der Waals surface area contributed by atoms with Crippen LogP contribution in [0, 0.1) is 20.8 Å². The van der Waals surface area contributed by atoms with Crippen molar-refractivity contribution in [2.75, 3.05) is 5.32 Å². The van der Waals surface area contributed by atoms with Gasteiger partial charge in [0.25, 0.3) is 11.5 Å². The molecule has 7 nitrogen and oxygen atoms in total. The molecule has 0 saturated heterocycles. The molecular weight excluding hydrogens is 368 g/mol. The summed E-state index contributed by atoms with van der Waals surface area (Å²) in [4.78, 5) is 29.9. The molecule has 0 aliphatic carbocycles. The van der Waals surface area contributed by atoms with Crippen LogP contribution in [0.15, 0.2) is 52.1 Å². The van der Waals surface area contributed by atoms with E-state index in [1.807, 2.05) is 32.0 Å². The number of benzene rings is 1. The van der Waals surface area contributed by atoms with Gasteiger partial charge in [0, 0.05) is 35.6 Å². The van der Waals surface area contributed by atoms with Gasteiger partial charge in [-0.2, -0.15) is 0 Å². The van der Waals surface area contributed by atoms with Crippen LogP contribution in [0.25, 0.3) is 22.0 Å². The maximum Gasteiger partial charge on any atom is 0.260 e. The van der Waals surface area contributed by atoms with Crippen LogP contribution in [0.4, 0.5) is 5.69 Å². The largest absolute Gasteiger partial charge is 0.364 e. The molecule has 1 aromatic carbocycles. The van der Waals surface area contributed by atoms with E-state index < -0.39 is 0 Å². The summed E-state index contributed by atoms with van der Waals surface area (Å²) in [5, 5.41) is 7.45. The Bertz CT molecular complexity index is 1320. The van der Waals surface area contributed by atoms with Gasteiger partial charge in [0.1, 0.15) is 11.8 Å². The normalized spacial score (nSPS) is 11.0. The standard InChI is InChI=1S/C22H20N4O3/c1-12-5-6-16(24-21(27)19-11-29-25-14(19)3)9-17(12)18-8-15-10-23-13(2)7-20(15)26(4)22(18)28/h5-11H,1-4H3,(H,24,27). The van der Waals surface area contributed by atoms with Crippen LogP contribution in [0.3, 0.4) is 0 Å². The second kappa shape index (κ2) is 7.01. The molecule has 0 bridgehead atoms. The van der Waals surface area contributed by atoms with Crippen LogP contribution >= 0.6 is 0 Å². The molecular formula is C22H20N4O3. The molecule has 0 saturated carbocycles. The van der Waals surface area contributed by atoms with Crippen molar-refractivity contribution >= 4 is 22.5 Å². The van der Waals surface area contributed by atoms with E-state index in [0.29, 0.717) is 22.5 Å². The van der Waals surface area contributed by atoms with Crippen LogP contribution in [0.5, 0.6) is 0 Å². The molecule has 3 aromatic heterocycles. The highest BCUT2D eigenvalue weighted by molar-refractivity contribution is 6.05. The van der Waals surface area contributed by atoms with Gasteiger partial charge < -0.3 is 14.4 Å². The Labute approximate surface area is 167 Å². The number of rotatable bonds is 3. The first-order chi connectivity index (χ1) is 13.8. The number of pyridine rings is 2. The lowest BCUT2D eigenvalue weighted by Gasteiger charge is -2.13. The van der Waals surface area contributed by atoms with Crippen LogP contribution in [0.2, 0.25) is 0 Å². The number of nitrogens with zero attached hydrogens (tertiary/aromatic N) is 3. The quantitative estimate of drug-likeness (QED) is 0.577. The van der Waals surface area contributed by atoms with Gasteiger partial charge in [-0.3, -0.25) is 14.6 Å². The van der Waals surface area contributed by atoms with E-state index in [4.69, 9.17) is 4.52 Å². The Balaban J connectivity index is 1.80. The number of fused-ring (bicyclic) bond motifs is 1. The molecule has 4 aromatic rings. The van der Waals surface area contributed by atoms with Gasteiger partial charge in [-0.1, -0.05) is 11.2 Å². The number of aromatic nitrogens is 3. The third-order valence-corrected chi connectivity index (χ3v) is 5.03. The third kappa shape index (κ3) is 3.31. The zero-order chi connectivity index (χ0) is 20.7. The van der Waals surface area contributed by atoms with Crippen LogP contribution < -0.4 is 10.9 Å². The van der Waals surface area contributed by atoms with E-state index in [2.05, 4.69) is 15.5 Å². The van der Waals surface area contributed by atoms with Crippen molar-refractivity contribution in [2.24, 2.45) is 7.05 Å². The molecule has 0 aliphatic rings. The Morgan fingerprint density at radius 3 is 2.62 bits per heavy atom. The van der Waals surface area contributed by atoms with Crippen LogP contribution in [-0.4, -0.2) is 20.6 Å². The van der Waals surface area contributed by atoms with Crippen molar-refractivity contribution in [1.82, 2.24) is 14.7 Å². The number of carbonyl (C=O) groups excluding carboxylic acids is 1. The van der Waals surface area contributed by atoms with E-state index in [1.54, 1.807) is 36.9 Å². The van der Waals surface area contributed by atoms with E-state index in [-0.39, 0.29) is 11.5 Å². The van der Waals surface area contributed by atoms with Crippen molar-refractivity contribution in [1.29, 1.82) is 0 Å². The van der Waals surface area contributed by atoms with Crippen LogP contribution in [0.1, 0.15) is 27.3 Å². The second-order valence-corrected chi connectivity index (χ2v) is 7.10. The van der Waals surface area contributed by atoms with Gasteiger partial charge in [0.05, 0.1) is 11.2 Å².